The molecule has 0 radical (unpaired) electrons. The predicted octanol–water partition coefficient (Wildman–Crippen LogP) is 3.30. The van der Waals surface area contributed by atoms with Gasteiger partial charge in [-0.1, -0.05) is 29.4 Å². The Morgan fingerprint density at radius 1 is 1.12 bits per heavy atom. The molecule has 0 amide bonds. The van der Waals surface area contributed by atoms with Gasteiger partial charge in [-0.3, -0.25) is 4.68 Å². The Morgan fingerprint density at radius 2 is 1.84 bits per heavy atom. The topological polar surface area (TPSA) is 56.7 Å². The maximum absolute atomic E-state index is 12.4. The average molecular weight is 348 g/mol. The Kier molecular flexibility index (Phi) is 3.82. The summed E-state index contributed by atoms with van der Waals surface area (Å²) in [5, 5.41) is 7.94. The van der Waals surface area contributed by atoms with Crippen molar-refractivity contribution in [2.24, 2.45) is 0 Å². The van der Waals surface area contributed by atoms with Crippen LogP contribution in [0.5, 0.6) is 0 Å². The third-order valence-corrected chi connectivity index (χ3v) is 4.27. The second kappa shape index (κ2) is 6.02. The van der Waals surface area contributed by atoms with Crippen LogP contribution in [-0.4, -0.2) is 26.1 Å². The molecular weight excluding hydrogens is 333 g/mol. The predicted molar refractivity (Wildman–Crippen MR) is 82.0 cm³/mol. The Hall–Kier alpha value is -2.64. The summed E-state index contributed by atoms with van der Waals surface area (Å²) in [6.45, 7) is -1.11. The van der Waals surface area contributed by atoms with E-state index >= 15 is 0 Å². The third-order valence-electron chi connectivity index (χ3n) is 4.27. The zero-order valence-corrected chi connectivity index (χ0v) is 13.2. The monoisotopic (exact) mass is 348 g/mol. The molecule has 0 saturated carbocycles. The van der Waals surface area contributed by atoms with Gasteiger partial charge in [0.15, 0.2) is 5.82 Å². The summed E-state index contributed by atoms with van der Waals surface area (Å²) >= 11 is 0. The van der Waals surface area contributed by atoms with Crippen molar-refractivity contribution in [3.05, 3.63) is 65.1 Å². The summed E-state index contributed by atoms with van der Waals surface area (Å²) in [7, 11) is 0. The first kappa shape index (κ1) is 15.9. The lowest BCUT2D eigenvalue weighted by molar-refractivity contribution is -0.142. The van der Waals surface area contributed by atoms with Crippen molar-refractivity contribution in [1.82, 2.24) is 19.9 Å². The highest BCUT2D eigenvalue weighted by Crippen LogP contribution is 2.32. The Labute approximate surface area is 141 Å². The van der Waals surface area contributed by atoms with E-state index in [1.165, 1.54) is 23.4 Å². The molecule has 0 aliphatic heterocycles. The van der Waals surface area contributed by atoms with Gasteiger partial charge in [-0.25, -0.2) is 0 Å². The SMILES string of the molecule is FC(F)(F)Cn1ccc(Cc2nc(C3Cc4ccccc4C3)no2)n1. The molecule has 0 atom stereocenters. The van der Waals surface area contributed by atoms with Crippen LogP contribution < -0.4 is 0 Å². The van der Waals surface area contributed by atoms with Crippen LogP contribution in [0.1, 0.15) is 34.5 Å². The van der Waals surface area contributed by atoms with Crippen molar-refractivity contribution in [2.75, 3.05) is 0 Å². The van der Waals surface area contributed by atoms with Gasteiger partial charge in [0.25, 0.3) is 0 Å². The minimum atomic E-state index is -4.29. The maximum atomic E-state index is 12.4. The molecule has 130 valence electrons. The molecular formula is C17H15F3N4O. The summed E-state index contributed by atoms with van der Waals surface area (Å²) in [6, 6.07) is 9.76. The number of hydrogen-bond acceptors (Lipinski definition) is 4. The van der Waals surface area contributed by atoms with Crippen molar-refractivity contribution in [3.63, 3.8) is 0 Å². The van der Waals surface area contributed by atoms with Gasteiger partial charge >= 0.3 is 6.18 Å². The Bertz CT molecular complexity index is 859. The quantitative estimate of drug-likeness (QED) is 0.726. The average Bonchev–Trinajstić information content (AvgIpc) is 3.25. The van der Waals surface area contributed by atoms with Gasteiger partial charge in [0, 0.05) is 12.1 Å². The smallest absolute Gasteiger partial charge is 0.339 e. The highest BCUT2D eigenvalue weighted by Gasteiger charge is 2.29. The second-order valence-corrected chi connectivity index (χ2v) is 6.22. The van der Waals surface area contributed by atoms with Crippen LogP contribution in [0.15, 0.2) is 41.1 Å². The molecule has 5 nitrogen and oxygen atoms in total. The Morgan fingerprint density at radius 3 is 2.52 bits per heavy atom. The van der Waals surface area contributed by atoms with Gasteiger partial charge in [0.2, 0.25) is 5.89 Å². The lowest BCUT2D eigenvalue weighted by Gasteiger charge is -2.05. The molecule has 8 heteroatoms. The molecule has 4 rings (SSSR count). The molecule has 2 heterocycles. The van der Waals surface area contributed by atoms with Crippen molar-refractivity contribution in [1.29, 1.82) is 0 Å². The summed E-state index contributed by atoms with van der Waals surface area (Å²) < 4.78 is 43.2. The van der Waals surface area contributed by atoms with Gasteiger partial charge in [-0.2, -0.15) is 23.3 Å². The first-order chi connectivity index (χ1) is 12.0. The van der Waals surface area contributed by atoms with E-state index in [0.29, 0.717) is 17.4 Å². The van der Waals surface area contributed by atoms with Crippen LogP contribution in [0.25, 0.3) is 0 Å². The lowest BCUT2D eigenvalue weighted by Crippen LogP contribution is -2.18. The Balaban J connectivity index is 1.43. The van der Waals surface area contributed by atoms with Gasteiger partial charge in [0.05, 0.1) is 12.1 Å². The lowest BCUT2D eigenvalue weighted by atomic mass is 10.1. The first-order valence-electron chi connectivity index (χ1n) is 7.94. The van der Waals surface area contributed by atoms with Crippen molar-refractivity contribution in [3.8, 4) is 0 Å². The number of rotatable bonds is 4. The molecule has 25 heavy (non-hydrogen) atoms. The number of benzene rings is 1. The number of aromatic nitrogens is 4. The third kappa shape index (κ3) is 3.57. The fourth-order valence-corrected chi connectivity index (χ4v) is 3.17. The number of halogens is 3. The van der Waals surface area contributed by atoms with E-state index in [2.05, 4.69) is 27.4 Å². The van der Waals surface area contributed by atoms with Crippen LogP contribution in [0.3, 0.4) is 0 Å². The zero-order valence-electron chi connectivity index (χ0n) is 13.2. The molecule has 0 fully saturated rings. The number of hydrogen-bond donors (Lipinski definition) is 0. The van der Waals surface area contributed by atoms with Gasteiger partial charge in [-0.15, -0.1) is 0 Å². The minimum Gasteiger partial charge on any atom is -0.339 e. The van der Waals surface area contributed by atoms with Gasteiger partial charge < -0.3 is 4.52 Å². The van der Waals surface area contributed by atoms with E-state index < -0.39 is 12.7 Å². The molecule has 1 aromatic carbocycles. The largest absolute Gasteiger partial charge is 0.408 e. The minimum absolute atomic E-state index is 0.178. The van der Waals surface area contributed by atoms with E-state index in [1.54, 1.807) is 0 Å². The number of fused-ring (bicyclic) bond motifs is 1. The van der Waals surface area contributed by atoms with Crippen molar-refractivity contribution in [2.45, 2.75) is 37.9 Å². The van der Waals surface area contributed by atoms with E-state index in [-0.39, 0.29) is 12.3 Å². The molecule has 0 saturated heterocycles. The van der Waals surface area contributed by atoms with E-state index in [0.717, 1.165) is 17.5 Å². The molecule has 1 aliphatic carbocycles. The van der Waals surface area contributed by atoms with Gasteiger partial charge in [-0.05, 0) is 30.0 Å². The first-order valence-corrected chi connectivity index (χ1v) is 7.94. The standard InChI is InChI=1S/C17H15F3N4O/c18-17(19,20)10-24-6-5-14(22-24)9-15-21-16(23-25-15)13-7-11-3-1-2-4-12(11)8-13/h1-6,13H,7-10H2. The van der Waals surface area contributed by atoms with E-state index in [4.69, 9.17) is 4.52 Å². The summed E-state index contributed by atoms with van der Waals surface area (Å²) in [6.07, 6.45) is -1.03. The normalized spacial score (nSPS) is 14.8. The highest BCUT2D eigenvalue weighted by molar-refractivity contribution is 5.34. The molecule has 0 bridgehead atoms. The van der Waals surface area contributed by atoms with Crippen LogP contribution in [0, 0.1) is 0 Å². The van der Waals surface area contributed by atoms with Crippen LogP contribution in [0.2, 0.25) is 0 Å². The molecule has 0 N–H and O–H groups in total. The summed E-state index contributed by atoms with van der Waals surface area (Å²) in [5.41, 5.74) is 3.06. The van der Waals surface area contributed by atoms with Crippen LogP contribution in [-0.2, 0) is 25.8 Å². The van der Waals surface area contributed by atoms with Crippen molar-refractivity contribution >= 4 is 0 Å². The maximum Gasteiger partial charge on any atom is 0.408 e. The highest BCUT2D eigenvalue weighted by atomic mass is 19.4. The number of alkyl halides is 3. The zero-order chi connectivity index (χ0) is 17.4. The molecule has 2 aromatic heterocycles. The molecule has 1 aliphatic rings. The number of nitrogens with zero attached hydrogens (tertiary/aromatic N) is 4. The fraction of sp³-hybridized carbons (Fsp3) is 0.353. The molecule has 0 spiro atoms. The van der Waals surface area contributed by atoms with Crippen LogP contribution >= 0.6 is 0 Å². The van der Waals surface area contributed by atoms with Crippen LogP contribution in [0.4, 0.5) is 13.2 Å². The molecule has 0 unspecified atom stereocenters. The fourth-order valence-electron chi connectivity index (χ4n) is 3.17. The second-order valence-electron chi connectivity index (χ2n) is 6.22. The summed E-state index contributed by atoms with van der Waals surface area (Å²) in [5.74, 6) is 1.18. The van der Waals surface area contributed by atoms with E-state index in [1.807, 2.05) is 12.1 Å². The molecule has 3 aromatic rings. The summed E-state index contributed by atoms with van der Waals surface area (Å²) in [4.78, 5) is 4.41. The van der Waals surface area contributed by atoms with E-state index in [9.17, 15) is 13.2 Å². The van der Waals surface area contributed by atoms with Gasteiger partial charge in [0.1, 0.15) is 6.54 Å². The van der Waals surface area contributed by atoms with Crippen molar-refractivity contribution < 1.29 is 17.7 Å².